The molecule has 4 nitrogen and oxygen atoms in total. The van der Waals surface area contributed by atoms with E-state index in [1.807, 2.05) is 24.6 Å². The summed E-state index contributed by atoms with van der Waals surface area (Å²) in [5, 5.41) is 12.2. The van der Waals surface area contributed by atoms with Gasteiger partial charge in [0.15, 0.2) is 0 Å². The lowest BCUT2D eigenvalue weighted by Gasteiger charge is -2.22. The lowest BCUT2D eigenvalue weighted by atomic mass is 9.89. The Morgan fingerprint density at radius 1 is 1.64 bits per heavy atom. The van der Waals surface area contributed by atoms with Crippen LogP contribution < -0.4 is 0 Å². The molecule has 0 aliphatic heterocycles. The first-order valence-corrected chi connectivity index (χ1v) is 4.86. The molecule has 0 bridgehead atoms. The van der Waals surface area contributed by atoms with Crippen molar-refractivity contribution in [3.8, 4) is 0 Å². The van der Waals surface area contributed by atoms with Gasteiger partial charge >= 0.3 is 0 Å². The van der Waals surface area contributed by atoms with Crippen LogP contribution in [0, 0.1) is 5.41 Å². The standard InChI is InChI=1S/C9H14ClN3O/c1-9(2,6-10)8(12-14)5-13-4-3-11-7-13/h3-4,7,14H,5-6H2,1-2H3. The summed E-state index contributed by atoms with van der Waals surface area (Å²) in [5.74, 6) is 0.418. The highest BCUT2D eigenvalue weighted by Crippen LogP contribution is 2.20. The number of nitrogens with zero attached hydrogens (tertiary/aromatic N) is 3. The number of halogens is 1. The molecule has 0 aliphatic rings. The van der Waals surface area contributed by atoms with Crippen LogP contribution in [0.3, 0.4) is 0 Å². The minimum absolute atomic E-state index is 0.305. The van der Waals surface area contributed by atoms with Crippen molar-refractivity contribution < 1.29 is 5.21 Å². The van der Waals surface area contributed by atoms with Crippen LogP contribution in [-0.4, -0.2) is 26.4 Å². The molecular formula is C9H14ClN3O. The first-order valence-electron chi connectivity index (χ1n) is 4.33. The van der Waals surface area contributed by atoms with E-state index in [1.54, 1.807) is 12.5 Å². The molecule has 0 saturated heterocycles. The zero-order valence-corrected chi connectivity index (χ0v) is 9.07. The van der Waals surface area contributed by atoms with Gasteiger partial charge in [-0.15, -0.1) is 11.6 Å². The number of rotatable bonds is 4. The summed E-state index contributed by atoms with van der Waals surface area (Å²) in [4.78, 5) is 3.91. The Bertz CT molecular complexity index is 306. The molecule has 0 atom stereocenters. The number of hydrogen-bond donors (Lipinski definition) is 1. The summed E-state index contributed by atoms with van der Waals surface area (Å²) >= 11 is 5.79. The third kappa shape index (κ3) is 2.48. The van der Waals surface area contributed by atoms with E-state index in [-0.39, 0.29) is 5.41 Å². The molecular weight excluding hydrogens is 202 g/mol. The monoisotopic (exact) mass is 215 g/mol. The third-order valence-corrected chi connectivity index (χ3v) is 2.80. The van der Waals surface area contributed by atoms with Crippen molar-refractivity contribution >= 4 is 17.3 Å². The van der Waals surface area contributed by atoms with Crippen LogP contribution in [0.4, 0.5) is 0 Å². The van der Waals surface area contributed by atoms with Gasteiger partial charge < -0.3 is 9.77 Å². The minimum Gasteiger partial charge on any atom is -0.411 e. The highest BCUT2D eigenvalue weighted by Gasteiger charge is 2.24. The molecule has 0 radical (unpaired) electrons. The van der Waals surface area contributed by atoms with E-state index in [2.05, 4.69) is 10.1 Å². The van der Waals surface area contributed by atoms with Crippen molar-refractivity contribution in [2.75, 3.05) is 5.88 Å². The molecule has 1 aromatic heterocycles. The van der Waals surface area contributed by atoms with Crippen molar-refractivity contribution in [2.24, 2.45) is 10.6 Å². The second kappa shape index (κ2) is 4.46. The number of hydrogen-bond acceptors (Lipinski definition) is 3. The lowest BCUT2D eigenvalue weighted by molar-refractivity contribution is 0.308. The molecule has 1 heterocycles. The van der Waals surface area contributed by atoms with Gasteiger partial charge in [0.25, 0.3) is 0 Å². The highest BCUT2D eigenvalue weighted by atomic mass is 35.5. The molecule has 1 aromatic rings. The molecule has 0 aromatic carbocycles. The SMILES string of the molecule is CC(C)(CCl)C(Cn1ccnc1)=NO. The van der Waals surface area contributed by atoms with Crippen LogP contribution >= 0.6 is 11.6 Å². The van der Waals surface area contributed by atoms with Gasteiger partial charge in [0.05, 0.1) is 18.6 Å². The Morgan fingerprint density at radius 2 is 2.36 bits per heavy atom. The largest absolute Gasteiger partial charge is 0.411 e. The summed E-state index contributed by atoms with van der Waals surface area (Å²) in [6, 6.07) is 0. The van der Waals surface area contributed by atoms with Gasteiger partial charge in [0.1, 0.15) is 0 Å². The lowest BCUT2D eigenvalue weighted by Crippen LogP contribution is -2.29. The molecule has 0 unspecified atom stereocenters. The van der Waals surface area contributed by atoms with Gasteiger partial charge in [-0.2, -0.15) is 0 Å². The van der Waals surface area contributed by atoms with Crippen LogP contribution in [0.5, 0.6) is 0 Å². The number of aromatic nitrogens is 2. The maximum Gasteiger partial charge on any atom is 0.0949 e. The van der Waals surface area contributed by atoms with Crippen molar-refractivity contribution in [1.29, 1.82) is 0 Å². The summed E-state index contributed by atoms with van der Waals surface area (Å²) in [7, 11) is 0. The number of imidazole rings is 1. The van der Waals surface area contributed by atoms with E-state index < -0.39 is 0 Å². The molecule has 0 fully saturated rings. The topological polar surface area (TPSA) is 50.4 Å². The van der Waals surface area contributed by atoms with Gasteiger partial charge in [-0.3, -0.25) is 0 Å². The zero-order valence-electron chi connectivity index (χ0n) is 8.31. The van der Waals surface area contributed by atoms with E-state index in [4.69, 9.17) is 16.8 Å². The quantitative estimate of drug-likeness (QED) is 0.361. The average Bonchev–Trinajstić information content (AvgIpc) is 2.66. The number of oxime groups is 1. The minimum atomic E-state index is -0.305. The Balaban J connectivity index is 2.75. The van der Waals surface area contributed by atoms with Crippen LogP contribution in [0.1, 0.15) is 13.8 Å². The fourth-order valence-electron chi connectivity index (χ4n) is 1.01. The molecule has 0 aliphatic carbocycles. The molecule has 1 N–H and O–H groups in total. The van der Waals surface area contributed by atoms with E-state index in [0.717, 1.165) is 0 Å². The maximum atomic E-state index is 8.89. The normalized spacial score (nSPS) is 13.2. The van der Waals surface area contributed by atoms with Crippen molar-refractivity contribution in [3.63, 3.8) is 0 Å². The first kappa shape index (κ1) is 11.0. The van der Waals surface area contributed by atoms with Gasteiger partial charge in [-0.25, -0.2) is 4.98 Å². The van der Waals surface area contributed by atoms with Crippen LogP contribution in [0.2, 0.25) is 0 Å². The average molecular weight is 216 g/mol. The molecule has 1 rings (SSSR count). The third-order valence-electron chi connectivity index (χ3n) is 2.13. The Labute approximate surface area is 88.2 Å². The summed E-state index contributed by atoms with van der Waals surface area (Å²) < 4.78 is 1.84. The second-order valence-electron chi connectivity index (χ2n) is 3.80. The van der Waals surface area contributed by atoms with Crippen LogP contribution in [-0.2, 0) is 6.54 Å². The molecule has 78 valence electrons. The van der Waals surface area contributed by atoms with Gasteiger partial charge in [0, 0.05) is 23.7 Å². The number of alkyl halides is 1. The van der Waals surface area contributed by atoms with Gasteiger partial charge in [-0.05, 0) is 0 Å². The molecule has 0 saturated carbocycles. The fraction of sp³-hybridized carbons (Fsp3) is 0.556. The Kier molecular flexibility index (Phi) is 3.52. The van der Waals surface area contributed by atoms with Crippen molar-refractivity contribution in [1.82, 2.24) is 9.55 Å². The van der Waals surface area contributed by atoms with Crippen molar-refractivity contribution in [3.05, 3.63) is 18.7 Å². The summed E-state index contributed by atoms with van der Waals surface area (Å²) in [6.45, 7) is 4.38. The van der Waals surface area contributed by atoms with Crippen molar-refractivity contribution in [2.45, 2.75) is 20.4 Å². The van der Waals surface area contributed by atoms with Crippen LogP contribution in [0.25, 0.3) is 0 Å². The Morgan fingerprint density at radius 3 is 2.79 bits per heavy atom. The van der Waals surface area contributed by atoms with E-state index in [9.17, 15) is 0 Å². The first-order chi connectivity index (χ1) is 6.60. The summed E-state index contributed by atoms with van der Waals surface area (Å²) in [6.07, 6.45) is 5.17. The molecule has 5 heteroatoms. The maximum absolute atomic E-state index is 8.89. The molecule has 0 spiro atoms. The van der Waals surface area contributed by atoms with E-state index >= 15 is 0 Å². The predicted octanol–water partition coefficient (Wildman–Crippen LogP) is 1.98. The zero-order chi connectivity index (χ0) is 10.6. The van der Waals surface area contributed by atoms with Gasteiger partial charge in [0.2, 0.25) is 0 Å². The molecule has 14 heavy (non-hydrogen) atoms. The molecule has 0 amide bonds. The highest BCUT2D eigenvalue weighted by molar-refractivity contribution is 6.20. The Hall–Kier alpha value is -1.03. The summed E-state index contributed by atoms with van der Waals surface area (Å²) in [5.41, 5.74) is 0.339. The van der Waals surface area contributed by atoms with Crippen LogP contribution in [0.15, 0.2) is 23.9 Å². The van der Waals surface area contributed by atoms with E-state index in [0.29, 0.717) is 18.1 Å². The second-order valence-corrected chi connectivity index (χ2v) is 4.07. The predicted molar refractivity (Wildman–Crippen MR) is 55.9 cm³/mol. The smallest absolute Gasteiger partial charge is 0.0949 e. The fourth-order valence-corrected chi connectivity index (χ4v) is 1.17. The van der Waals surface area contributed by atoms with E-state index in [1.165, 1.54) is 0 Å². The van der Waals surface area contributed by atoms with Gasteiger partial charge in [-0.1, -0.05) is 19.0 Å².